The average Bonchev–Trinajstić information content (AvgIpc) is 2.72. The van der Waals surface area contributed by atoms with Crippen LogP contribution in [-0.4, -0.2) is 31.6 Å². The molecule has 1 heterocycles. The molecule has 5 nitrogen and oxygen atoms in total. The van der Waals surface area contributed by atoms with Gasteiger partial charge in [0, 0.05) is 13.0 Å². The fraction of sp³-hybridized carbons (Fsp3) is 0.750. The van der Waals surface area contributed by atoms with E-state index < -0.39 is 5.97 Å². The summed E-state index contributed by atoms with van der Waals surface area (Å²) in [6.45, 7) is 7.48. The van der Waals surface area contributed by atoms with E-state index in [1.807, 2.05) is 6.92 Å². The van der Waals surface area contributed by atoms with Crippen LogP contribution in [0.2, 0.25) is 0 Å². The Hall–Kier alpha value is -1.04. The van der Waals surface area contributed by atoms with E-state index >= 15 is 0 Å². The van der Waals surface area contributed by atoms with E-state index in [1.165, 1.54) is 18.2 Å². The topological polar surface area (TPSA) is 68.0 Å². The smallest absolute Gasteiger partial charge is 0.313 e. The summed E-state index contributed by atoms with van der Waals surface area (Å²) in [5.41, 5.74) is 0.407. The summed E-state index contributed by atoms with van der Waals surface area (Å²) in [6, 6.07) is 0. The Bertz CT molecular complexity index is 456. The molecular formula is C12H19N3O2S. The van der Waals surface area contributed by atoms with Gasteiger partial charge in [-0.15, -0.1) is 10.2 Å². The molecule has 0 aliphatic heterocycles. The van der Waals surface area contributed by atoms with Gasteiger partial charge in [0.05, 0.1) is 5.75 Å². The molecular weight excluding hydrogens is 250 g/mol. The second-order valence-corrected chi connectivity index (χ2v) is 6.38. The molecule has 0 aromatic carbocycles. The molecule has 2 rings (SSSR count). The maximum atomic E-state index is 10.6. The molecule has 1 aliphatic carbocycles. The SMILES string of the molecule is CCc1nnc(SCC(=O)O)n1CC1CC1(C)C. The number of aromatic nitrogens is 3. The van der Waals surface area contributed by atoms with Crippen LogP contribution in [0.3, 0.4) is 0 Å². The van der Waals surface area contributed by atoms with Crippen LogP contribution in [0.5, 0.6) is 0 Å². The van der Waals surface area contributed by atoms with Gasteiger partial charge in [0.1, 0.15) is 5.82 Å². The number of aryl methyl sites for hydroxylation is 1. The minimum Gasteiger partial charge on any atom is -0.481 e. The van der Waals surface area contributed by atoms with Gasteiger partial charge in [0.15, 0.2) is 5.16 Å². The number of thioether (sulfide) groups is 1. The maximum absolute atomic E-state index is 10.6. The van der Waals surface area contributed by atoms with Crippen molar-refractivity contribution in [3.63, 3.8) is 0 Å². The van der Waals surface area contributed by atoms with Crippen molar-refractivity contribution >= 4 is 17.7 Å². The second-order valence-electron chi connectivity index (χ2n) is 5.44. The van der Waals surface area contributed by atoms with Crippen LogP contribution in [0.4, 0.5) is 0 Å². The van der Waals surface area contributed by atoms with Crippen LogP contribution in [0, 0.1) is 11.3 Å². The van der Waals surface area contributed by atoms with Crippen molar-refractivity contribution in [2.24, 2.45) is 11.3 Å². The Kier molecular flexibility index (Phi) is 3.66. The number of aliphatic carboxylic acids is 1. The summed E-state index contributed by atoms with van der Waals surface area (Å²) in [5, 5.41) is 17.7. The third kappa shape index (κ3) is 2.85. The minimum atomic E-state index is -0.820. The Labute approximate surface area is 111 Å². The lowest BCUT2D eigenvalue weighted by Gasteiger charge is -2.09. The molecule has 1 aromatic rings. The molecule has 0 bridgehead atoms. The Morgan fingerprint density at radius 2 is 2.22 bits per heavy atom. The first kappa shape index (κ1) is 13.4. The zero-order valence-electron chi connectivity index (χ0n) is 11.0. The van der Waals surface area contributed by atoms with Gasteiger partial charge in [-0.1, -0.05) is 32.5 Å². The minimum absolute atomic E-state index is 0.0376. The van der Waals surface area contributed by atoms with Crippen molar-refractivity contribution in [2.75, 3.05) is 5.75 Å². The molecule has 0 saturated heterocycles. The fourth-order valence-corrected chi connectivity index (χ4v) is 2.79. The summed E-state index contributed by atoms with van der Waals surface area (Å²) < 4.78 is 2.09. The first-order valence-corrected chi connectivity index (χ1v) is 7.19. The standard InChI is InChI=1S/C12H19N3O2S/c1-4-9-13-14-11(18-7-10(16)17)15(9)6-8-5-12(8,2)3/h8H,4-7H2,1-3H3,(H,16,17). The normalized spacial score (nSPS) is 20.9. The van der Waals surface area contributed by atoms with Crippen molar-refractivity contribution in [1.82, 2.24) is 14.8 Å². The van der Waals surface area contributed by atoms with Crippen molar-refractivity contribution in [2.45, 2.75) is 45.3 Å². The predicted molar refractivity (Wildman–Crippen MR) is 69.6 cm³/mol. The van der Waals surface area contributed by atoms with E-state index in [1.54, 1.807) is 0 Å². The molecule has 1 saturated carbocycles. The number of rotatable bonds is 6. The highest BCUT2D eigenvalue weighted by atomic mass is 32.2. The van der Waals surface area contributed by atoms with E-state index in [0.29, 0.717) is 11.3 Å². The molecule has 1 aliphatic rings. The molecule has 18 heavy (non-hydrogen) atoms. The van der Waals surface area contributed by atoms with E-state index in [9.17, 15) is 4.79 Å². The Morgan fingerprint density at radius 3 is 2.72 bits per heavy atom. The van der Waals surface area contributed by atoms with E-state index in [0.717, 1.165) is 23.9 Å². The molecule has 1 atom stereocenters. The van der Waals surface area contributed by atoms with Gasteiger partial charge in [-0.3, -0.25) is 4.79 Å². The molecule has 100 valence electrons. The van der Waals surface area contributed by atoms with Crippen molar-refractivity contribution in [1.29, 1.82) is 0 Å². The van der Waals surface area contributed by atoms with Gasteiger partial charge in [0.2, 0.25) is 0 Å². The van der Waals surface area contributed by atoms with Crippen LogP contribution in [-0.2, 0) is 17.8 Å². The predicted octanol–water partition coefficient (Wildman–Crippen LogP) is 2.06. The van der Waals surface area contributed by atoms with Gasteiger partial charge in [0.25, 0.3) is 0 Å². The Morgan fingerprint density at radius 1 is 1.56 bits per heavy atom. The van der Waals surface area contributed by atoms with Crippen LogP contribution in [0.1, 0.15) is 33.0 Å². The third-order valence-corrected chi connectivity index (χ3v) is 4.51. The Balaban J connectivity index is 2.10. The number of carbonyl (C=O) groups is 1. The van der Waals surface area contributed by atoms with Gasteiger partial charge >= 0.3 is 5.97 Å². The number of hydrogen-bond donors (Lipinski definition) is 1. The zero-order chi connectivity index (χ0) is 13.3. The monoisotopic (exact) mass is 269 g/mol. The van der Waals surface area contributed by atoms with Crippen LogP contribution in [0.15, 0.2) is 5.16 Å². The van der Waals surface area contributed by atoms with Gasteiger partial charge < -0.3 is 9.67 Å². The van der Waals surface area contributed by atoms with Crippen LogP contribution < -0.4 is 0 Å². The molecule has 6 heteroatoms. The quantitative estimate of drug-likeness (QED) is 0.801. The molecule has 1 fully saturated rings. The third-order valence-electron chi connectivity index (χ3n) is 3.55. The molecule has 0 amide bonds. The summed E-state index contributed by atoms with van der Waals surface area (Å²) in [6.07, 6.45) is 2.05. The van der Waals surface area contributed by atoms with E-state index in [-0.39, 0.29) is 5.75 Å². The number of nitrogens with zero attached hydrogens (tertiary/aromatic N) is 3. The number of carboxylic acids is 1. The van der Waals surface area contributed by atoms with E-state index in [4.69, 9.17) is 5.11 Å². The highest BCUT2D eigenvalue weighted by molar-refractivity contribution is 7.99. The second kappa shape index (κ2) is 4.91. The largest absolute Gasteiger partial charge is 0.481 e. The lowest BCUT2D eigenvalue weighted by Crippen LogP contribution is -2.09. The first-order valence-electron chi connectivity index (χ1n) is 6.20. The zero-order valence-corrected chi connectivity index (χ0v) is 11.8. The van der Waals surface area contributed by atoms with Gasteiger partial charge in [-0.2, -0.15) is 0 Å². The highest BCUT2D eigenvalue weighted by Gasteiger charge is 2.45. The molecule has 1 unspecified atom stereocenters. The lowest BCUT2D eigenvalue weighted by molar-refractivity contribution is -0.133. The first-order chi connectivity index (χ1) is 8.44. The van der Waals surface area contributed by atoms with E-state index in [2.05, 4.69) is 28.6 Å². The lowest BCUT2D eigenvalue weighted by atomic mass is 10.1. The highest BCUT2D eigenvalue weighted by Crippen LogP contribution is 2.52. The van der Waals surface area contributed by atoms with Gasteiger partial charge in [-0.05, 0) is 17.8 Å². The molecule has 1 aromatic heterocycles. The van der Waals surface area contributed by atoms with Crippen molar-refractivity contribution in [3.05, 3.63) is 5.82 Å². The number of hydrogen-bond acceptors (Lipinski definition) is 4. The van der Waals surface area contributed by atoms with Gasteiger partial charge in [-0.25, -0.2) is 0 Å². The summed E-state index contributed by atoms with van der Waals surface area (Å²) in [4.78, 5) is 10.6. The summed E-state index contributed by atoms with van der Waals surface area (Å²) in [7, 11) is 0. The molecule has 1 N–H and O–H groups in total. The van der Waals surface area contributed by atoms with Crippen molar-refractivity contribution in [3.8, 4) is 0 Å². The van der Waals surface area contributed by atoms with Crippen LogP contribution >= 0.6 is 11.8 Å². The van der Waals surface area contributed by atoms with Crippen LogP contribution in [0.25, 0.3) is 0 Å². The maximum Gasteiger partial charge on any atom is 0.313 e. The summed E-state index contributed by atoms with van der Waals surface area (Å²) >= 11 is 1.25. The van der Waals surface area contributed by atoms with Crippen molar-refractivity contribution < 1.29 is 9.90 Å². The average molecular weight is 269 g/mol. The fourth-order valence-electron chi connectivity index (χ4n) is 2.11. The molecule has 0 spiro atoms. The summed E-state index contributed by atoms with van der Waals surface area (Å²) in [5.74, 6) is 0.823. The molecule has 0 radical (unpaired) electrons. The number of carboxylic acid groups (broad SMARTS) is 1.